The third kappa shape index (κ3) is 6.76. The van der Waals surface area contributed by atoms with Crippen molar-refractivity contribution in [2.45, 2.75) is 25.8 Å². The number of para-hydroxylation sites is 1. The lowest BCUT2D eigenvalue weighted by Gasteiger charge is -2.37. The molecule has 0 unspecified atom stereocenters. The van der Waals surface area contributed by atoms with E-state index >= 15 is 0 Å². The van der Waals surface area contributed by atoms with E-state index in [0.29, 0.717) is 12.6 Å². The molecule has 29 heavy (non-hydrogen) atoms. The second-order valence-electron chi connectivity index (χ2n) is 7.26. The summed E-state index contributed by atoms with van der Waals surface area (Å²) in [6, 6.07) is 17.7. The summed E-state index contributed by atoms with van der Waals surface area (Å²) in [5.74, 6) is 1.68. The summed E-state index contributed by atoms with van der Waals surface area (Å²) in [7, 11) is 0. The minimum atomic E-state index is -0.747. The van der Waals surface area contributed by atoms with Crippen LogP contribution >= 0.6 is 0 Å². The van der Waals surface area contributed by atoms with Crippen LogP contribution in [0.15, 0.2) is 54.6 Å². The molecule has 3 rings (SSSR count). The molecule has 6 heteroatoms. The van der Waals surface area contributed by atoms with Gasteiger partial charge >= 0.3 is 5.97 Å². The number of likely N-dealkylation sites (N-methyl/N-ethyl adjacent to an activating group) is 1. The van der Waals surface area contributed by atoms with Gasteiger partial charge in [-0.3, -0.25) is 14.6 Å². The summed E-state index contributed by atoms with van der Waals surface area (Å²) < 4.78 is 11.7. The van der Waals surface area contributed by atoms with Crippen LogP contribution in [0.4, 0.5) is 0 Å². The number of hydrogen-bond acceptors (Lipinski definition) is 5. The Bertz CT molecular complexity index is 743. The number of piperidine rings is 1. The number of aliphatic carboxylic acids is 1. The molecule has 2 aromatic rings. The summed E-state index contributed by atoms with van der Waals surface area (Å²) in [6.07, 6.45) is 2.01. The molecule has 1 heterocycles. The molecule has 1 N–H and O–H groups in total. The first-order chi connectivity index (χ1) is 14.1. The van der Waals surface area contributed by atoms with Crippen LogP contribution in [0.25, 0.3) is 0 Å². The fourth-order valence-electron chi connectivity index (χ4n) is 3.70. The van der Waals surface area contributed by atoms with Gasteiger partial charge in [-0.05, 0) is 68.9 Å². The number of carboxylic acids is 1. The molecule has 0 bridgehead atoms. The molecule has 2 aromatic carbocycles. The Morgan fingerprint density at radius 1 is 1.03 bits per heavy atom. The van der Waals surface area contributed by atoms with Crippen LogP contribution in [0.2, 0.25) is 0 Å². The highest BCUT2D eigenvalue weighted by molar-refractivity contribution is 5.69. The van der Waals surface area contributed by atoms with Crippen LogP contribution in [0.1, 0.15) is 19.8 Å². The molecule has 0 radical (unpaired) electrons. The van der Waals surface area contributed by atoms with E-state index in [1.54, 1.807) is 0 Å². The van der Waals surface area contributed by atoms with E-state index in [1.807, 2.05) is 61.5 Å². The van der Waals surface area contributed by atoms with E-state index in [-0.39, 0.29) is 6.54 Å². The van der Waals surface area contributed by atoms with Gasteiger partial charge < -0.3 is 14.6 Å². The molecule has 1 aliphatic heterocycles. The zero-order chi connectivity index (χ0) is 20.5. The lowest BCUT2D eigenvalue weighted by Crippen LogP contribution is -2.47. The first-order valence-electron chi connectivity index (χ1n) is 10.3. The van der Waals surface area contributed by atoms with Crippen molar-refractivity contribution in [3.05, 3.63) is 54.6 Å². The van der Waals surface area contributed by atoms with Crippen LogP contribution in [-0.2, 0) is 4.79 Å². The smallest absolute Gasteiger partial charge is 0.317 e. The Morgan fingerprint density at radius 3 is 2.28 bits per heavy atom. The van der Waals surface area contributed by atoms with Crippen molar-refractivity contribution in [3.8, 4) is 17.2 Å². The monoisotopic (exact) mass is 398 g/mol. The number of likely N-dealkylation sites (tertiary alicyclic amines) is 1. The maximum Gasteiger partial charge on any atom is 0.317 e. The van der Waals surface area contributed by atoms with Crippen molar-refractivity contribution in [3.63, 3.8) is 0 Å². The zero-order valence-corrected chi connectivity index (χ0v) is 17.0. The van der Waals surface area contributed by atoms with Gasteiger partial charge in [-0.25, -0.2) is 0 Å². The second kappa shape index (κ2) is 10.8. The molecular weight excluding hydrogens is 368 g/mol. The largest absolute Gasteiger partial charge is 0.492 e. The molecule has 0 aliphatic carbocycles. The van der Waals surface area contributed by atoms with Crippen molar-refractivity contribution < 1.29 is 19.4 Å². The van der Waals surface area contributed by atoms with Crippen molar-refractivity contribution in [2.24, 2.45) is 0 Å². The van der Waals surface area contributed by atoms with Gasteiger partial charge in [0.25, 0.3) is 0 Å². The normalized spacial score (nSPS) is 15.4. The molecule has 1 aliphatic rings. The SMILES string of the molecule is CCN(CC(=O)O)C1CCN(CCOc2ccc(Oc3ccccc3)cc2)CC1. The predicted octanol–water partition coefficient (Wildman–Crippen LogP) is 3.73. The summed E-state index contributed by atoms with van der Waals surface area (Å²) >= 11 is 0. The molecule has 156 valence electrons. The Balaban J connectivity index is 1.37. The van der Waals surface area contributed by atoms with Gasteiger partial charge in [0.2, 0.25) is 0 Å². The summed E-state index contributed by atoms with van der Waals surface area (Å²) in [4.78, 5) is 15.4. The number of hydrogen-bond donors (Lipinski definition) is 1. The highest BCUT2D eigenvalue weighted by Gasteiger charge is 2.24. The number of nitrogens with zero attached hydrogens (tertiary/aromatic N) is 2. The van der Waals surface area contributed by atoms with E-state index in [2.05, 4.69) is 9.80 Å². The predicted molar refractivity (Wildman–Crippen MR) is 113 cm³/mol. The lowest BCUT2D eigenvalue weighted by molar-refractivity contribution is -0.139. The van der Waals surface area contributed by atoms with Crippen molar-refractivity contribution in [1.29, 1.82) is 0 Å². The minimum Gasteiger partial charge on any atom is -0.492 e. The van der Waals surface area contributed by atoms with Crippen LogP contribution < -0.4 is 9.47 Å². The van der Waals surface area contributed by atoms with Gasteiger partial charge in [-0.2, -0.15) is 0 Å². The molecule has 0 spiro atoms. The quantitative estimate of drug-likeness (QED) is 0.658. The third-order valence-electron chi connectivity index (χ3n) is 5.30. The third-order valence-corrected chi connectivity index (χ3v) is 5.30. The Labute approximate surface area is 172 Å². The Kier molecular flexibility index (Phi) is 7.90. The first-order valence-corrected chi connectivity index (χ1v) is 10.3. The highest BCUT2D eigenvalue weighted by Crippen LogP contribution is 2.23. The van der Waals surface area contributed by atoms with Gasteiger partial charge in [0.15, 0.2) is 0 Å². The zero-order valence-electron chi connectivity index (χ0n) is 17.0. The van der Waals surface area contributed by atoms with Gasteiger partial charge in [-0.15, -0.1) is 0 Å². The van der Waals surface area contributed by atoms with E-state index in [9.17, 15) is 4.79 Å². The Hall–Kier alpha value is -2.57. The number of carboxylic acid groups (broad SMARTS) is 1. The summed E-state index contributed by atoms with van der Waals surface area (Å²) in [5.41, 5.74) is 0. The van der Waals surface area contributed by atoms with Gasteiger partial charge in [0.1, 0.15) is 23.9 Å². The van der Waals surface area contributed by atoms with E-state index < -0.39 is 5.97 Å². The molecule has 0 saturated carbocycles. The van der Waals surface area contributed by atoms with Gasteiger partial charge in [0.05, 0.1) is 6.54 Å². The van der Waals surface area contributed by atoms with E-state index in [0.717, 1.165) is 56.3 Å². The maximum absolute atomic E-state index is 11.0. The van der Waals surface area contributed by atoms with Crippen molar-refractivity contribution >= 4 is 5.97 Å². The number of ether oxygens (including phenoxy) is 2. The van der Waals surface area contributed by atoms with Crippen LogP contribution in [-0.4, -0.2) is 66.2 Å². The van der Waals surface area contributed by atoms with Crippen LogP contribution in [0.3, 0.4) is 0 Å². The van der Waals surface area contributed by atoms with Crippen LogP contribution in [0, 0.1) is 0 Å². The molecule has 1 fully saturated rings. The fourth-order valence-corrected chi connectivity index (χ4v) is 3.70. The maximum atomic E-state index is 11.0. The molecule has 0 amide bonds. The van der Waals surface area contributed by atoms with Crippen LogP contribution in [0.5, 0.6) is 17.2 Å². The van der Waals surface area contributed by atoms with Gasteiger partial charge in [-0.1, -0.05) is 25.1 Å². The fraction of sp³-hybridized carbons (Fsp3) is 0.435. The molecular formula is C23H30N2O4. The molecule has 6 nitrogen and oxygen atoms in total. The van der Waals surface area contributed by atoms with Gasteiger partial charge in [0, 0.05) is 12.6 Å². The average molecular weight is 399 g/mol. The molecule has 0 atom stereocenters. The average Bonchev–Trinajstić information content (AvgIpc) is 2.74. The van der Waals surface area contributed by atoms with Crippen molar-refractivity contribution in [2.75, 3.05) is 39.3 Å². The van der Waals surface area contributed by atoms with E-state index in [4.69, 9.17) is 14.6 Å². The topological polar surface area (TPSA) is 62.2 Å². The second-order valence-corrected chi connectivity index (χ2v) is 7.26. The standard InChI is InChI=1S/C23H30N2O4/c1-2-25(18-23(26)27)19-12-14-24(15-13-19)16-17-28-20-8-10-22(11-9-20)29-21-6-4-3-5-7-21/h3-11,19H,2,12-18H2,1H3,(H,26,27). The molecule has 0 aromatic heterocycles. The summed E-state index contributed by atoms with van der Waals surface area (Å²) in [6.45, 7) is 6.41. The lowest BCUT2D eigenvalue weighted by atomic mass is 10.0. The molecule has 1 saturated heterocycles. The van der Waals surface area contributed by atoms with E-state index in [1.165, 1.54) is 0 Å². The first kappa shape index (κ1) is 21.1. The minimum absolute atomic E-state index is 0.133. The number of rotatable bonds is 10. The number of carbonyl (C=O) groups is 1. The number of benzene rings is 2. The van der Waals surface area contributed by atoms with Crippen molar-refractivity contribution in [1.82, 2.24) is 9.80 Å². The highest BCUT2D eigenvalue weighted by atomic mass is 16.5. The summed E-state index contributed by atoms with van der Waals surface area (Å²) in [5, 5.41) is 9.04. The Morgan fingerprint density at radius 2 is 1.66 bits per heavy atom.